The Balaban J connectivity index is 2.22. The van der Waals surface area contributed by atoms with E-state index in [1.807, 2.05) is 13.8 Å². The van der Waals surface area contributed by atoms with E-state index < -0.39 is 0 Å². The van der Waals surface area contributed by atoms with Crippen LogP contribution in [0.5, 0.6) is 0 Å². The number of carbonyl (C=O) groups excluding carboxylic acids is 1. The smallest absolute Gasteiger partial charge is 0.227 e. The Morgan fingerprint density at radius 1 is 1.40 bits per heavy atom. The van der Waals surface area contributed by atoms with Crippen molar-refractivity contribution >= 4 is 49.4 Å². The monoisotopic (exact) mass is 304 g/mol. The lowest BCUT2D eigenvalue weighted by atomic mass is 10.2. The van der Waals surface area contributed by atoms with Crippen molar-refractivity contribution < 1.29 is 4.79 Å². The van der Waals surface area contributed by atoms with E-state index in [9.17, 15) is 4.79 Å². The number of pyridine rings is 1. The first-order valence-electron chi connectivity index (χ1n) is 5.99. The number of amides is 1. The fraction of sp³-hybridized carbons (Fsp3) is 0.231. The van der Waals surface area contributed by atoms with Crippen LogP contribution in [0, 0.1) is 13.8 Å². The Kier molecular flexibility index (Phi) is 3.31. The molecule has 3 heterocycles. The fourth-order valence-electron chi connectivity index (χ4n) is 1.91. The van der Waals surface area contributed by atoms with Crippen LogP contribution >= 0.6 is 23.1 Å². The van der Waals surface area contributed by atoms with Gasteiger partial charge in [0, 0.05) is 11.1 Å². The van der Waals surface area contributed by atoms with Gasteiger partial charge in [0.2, 0.25) is 5.91 Å². The lowest BCUT2D eigenvalue weighted by molar-refractivity contribution is -0.115. The maximum atomic E-state index is 10.9. The highest BCUT2D eigenvalue weighted by Gasteiger charge is 2.14. The second-order valence-corrected chi connectivity index (χ2v) is 6.42. The lowest BCUT2D eigenvalue weighted by Crippen LogP contribution is -2.13. The zero-order valence-corrected chi connectivity index (χ0v) is 12.6. The van der Waals surface area contributed by atoms with Gasteiger partial charge in [-0.3, -0.25) is 4.79 Å². The number of nitrogens with zero attached hydrogens (tertiary/aromatic N) is 3. The van der Waals surface area contributed by atoms with Crippen LogP contribution in [-0.2, 0) is 4.79 Å². The molecule has 20 heavy (non-hydrogen) atoms. The SMILES string of the molecule is Cc1cc2c(nc1C)sc1c(SCC(N)=O)ncnc12. The molecule has 0 spiro atoms. The third-order valence-electron chi connectivity index (χ3n) is 3.01. The van der Waals surface area contributed by atoms with Gasteiger partial charge in [0.1, 0.15) is 16.2 Å². The number of primary amides is 1. The van der Waals surface area contributed by atoms with Crippen molar-refractivity contribution in [1.82, 2.24) is 15.0 Å². The second kappa shape index (κ2) is 4.99. The van der Waals surface area contributed by atoms with Crippen molar-refractivity contribution in [2.24, 2.45) is 5.73 Å². The molecule has 2 N–H and O–H groups in total. The van der Waals surface area contributed by atoms with Gasteiger partial charge in [0.05, 0.1) is 16.0 Å². The van der Waals surface area contributed by atoms with Gasteiger partial charge >= 0.3 is 0 Å². The summed E-state index contributed by atoms with van der Waals surface area (Å²) in [6.07, 6.45) is 1.52. The maximum absolute atomic E-state index is 10.9. The minimum Gasteiger partial charge on any atom is -0.369 e. The summed E-state index contributed by atoms with van der Waals surface area (Å²) in [6, 6.07) is 2.10. The molecule has 3 rings (SSSR count). The highest BCUT2D eigenvalue weighted by Crippen LogP contribution is 2.36. The van der Waals surface area contributed by atoms with Crippen molar-refractivity contribution in [3.8, 4) is 0 Å². The largest absolute Gasteiger partial charge is 0.369 e. The predicted molar refractivity (Wildman–Crippen MR) is 82.1 cm³/mol. The number of hydrogen-bond acceptors (Lipinski definition) is 6. The molecule has 0 aromatic carbocycles. The van der Waals surface area contributed by atoms with E-state index in [0.717, 1.165) is 36.7 Å². The van der Waals surface area contributed by atoms with Crippen molar-refractivity contribution in [2.45, 2.75) is 18.9 Å². The van der Waals surface area contributed by atoms with Crippen LogP contribution in [-0.4, -0.2) is 26.6 Å². The molecule has 1 amide bonds. The van der Waals surface area contributed by atoms with E-state index in [4.69, 9.17) is 5.73 Å². The number of thiophene rings is 1. The second-order valence-electron chi connectivity index (χ2n) is 4.46. The molecular formula is C13H12N4OS2. The zero-order chi connectivity index (χ0) is 14.3. The maximum Gasteiger partial charge on any atom is 0.227 e. The summed E-state index contributed by atoms with van der Waals surface area (Å²) in [5, 5.41) is 1.82. The van der Waals surface area contributed by atoms with Crippen molar-refractivity contribution in [2.75, 3.05) is 5.75 Å². The number of aromatic nitrogens is 3. The van der Waals surface area contributed by atoms with Gasteiger partial charge in [0.15, 0.2) is 0 Å². The highest BCUT2D eigenvalue weighted by atomic mass is 32.2. The molecule has 0 unspecified atom stereocenters. The molecule has 0 aliphatic rings. The molecule has 0 saturated carbocycles. The number of carbonyl (C=O) groups is 1. The number of thioether (sulfide) groups is 1. The van der Waals surface area contributed by atoms with Crippen molar-refractivity contribution in [3.63, 3.8) is 0 Å². The lowest BCUT2D eigenvalue weighted by Gasteiger charge is -1.99. The quantitative estimate of drug-likeness (QED) is 0.593. The standard InChI is InChI=1S/C13H12N4OS2/c1-6-3-8-10-11(20-12(8)17-7(6)2)13(16-5-15-10)19-4-9(14)18/h3,5H,4H2,1-2H3,(H2,14,18). The van der Waals surface area contributed by atoms with Crippen LogP contribution in [0.4, 0.5) is 0 Å². The molecular weight excluding hydrogens is 292 g/mol. The van der Waals surface area contributed by atoms with Crippen LogP contribution < -0.4 is 5.73 Å². The van der Waals surface area contributed by atoms with Crippen LogP contribution in [0.25, 0.3) is 20.4 Å². The Labute approximate surface area is 123 Å². The van der Waals surface area contributed by atoms with Crippen molar-refractivity contribution in [1.29, 1.82) is 0 Å². The highest BCUT2D eigenvalue weighted by molar-refractivity contribution is 8.00. The Morgan fingerprint density at radius 3 is 2.95 bits per heavy atom. The minimum absolute atomic E-state index is 0.214. The Hall–Kier alpha value is -1.73. The summed E-state index contributed by atoms with van der Waals surface area (Å²) in [6.45, 7) is 4.03. The minimum atomic E-state index is -0.354. The summed E-state index contributed by atoms with van der Waals surface area (Å²) in [7, 11) is 0. The van der Waals surface area contributed by atoms with Gasteiger partial charge in [-0.25, -0.2) is 15.0 Å². The van der Waals surface area contributed by atoms with Crippen LogP contribution in [0.2, 0.25) is 0 Å². The molecule has 0 fully saturated rings. The summed E-state index contributed by atoms with van der Waals surface area (Å²) in [5.74, 6) is -0.140. The first-order valence-corrected chi connectivity index (χ1v) is 7.79. The van der Waals surface area contributed by atoms with Gasteiger partial charge in [-0.2, -0.15) is 0 Å². The van der Waals surface area contributed by atoms with Crippen molar-refractivity contribution in [3.05, 3.63) is 23.7 Å². The summed E-state index contributed by atoms with van der Waals surface area (Å²) >= 11 is 2.89. The van der Waals surface area contributed by atoms with Gasteiger partial charge in [0.25, 0.3) is 0 Å². The third kappa shape index (κ3) is 2.23. The molecule has 0 saturated heterocycles. The molecule has 0 aliphatic heterocycles. The average Bonchev–Trinajstić information content (AvgIpc) is 2.75. The van der Waals surface area contributed by atoms with E-state index in [1.165, 1.54) is 18.1 Å². The first-order chi connectivity index (χ1) is 9.56. The molecule has 3 aromatic heterocycles. The van der Waals surface area contributed by atoms with E-state index in [2.05, 4.69) is 21.0 Å². The number of aryl methyl sites for hydroxylation is 2. The average molecular weight is 304 g/mol. The molecule has 5 nitrogen and oxygen atoms in total. The summed E-state index contributed by atoms with van der Waals surface area (Å²) in [5.41, 5.74) is 8.24. The van der Waals surface area contributed by atoms with Gasteiger partial charge in [-0.05, 0) is 25.5 Å². The normalized spacial score (nSPS) is 11.3. The van der Waals surface area contributed by atoms with E-state index in [0.29, 0.717) is 0 Å². The first kappa shape index (κ1) is 13.3. The molecule has 7 heteroatoms. The van der Waals surface area contributed by atoms with E-state index >= 15 is 0 Å². The summed E-state index contributed by atoms with van der Waals surface area (Å²) in [4.78, 5) is 25.1. The van der Waals surface area contributed by atoms with Crippen LogP contribution in [0.3, 0.4) is 0 Å². The fourth-order valence-corrected chi connectivity index (χ4v) is 3.88. The number of rotatable bonds is 3. The summed E-state index contributed by atoms with van der Waals surface area (Å²) < 4.78 is 0.964. The molecule has 0 aliphatic carbocycles. The Bertz CT molecular complexity index is 828. The van der Waals surface area contributed by atoms with Gasteiger partial charge < -0.3 is 5.73 Å². The predicted octanol–water partition coefficient (Wildman–Crippen LogP) is 2.43. The van der Waals surface area contributed by atoms with E-state index in [-0.39, 0.29) is 11.7 Å². The molecule has 0 bridgehead atoms. The zero-order valence-electron chi connectivity index (χ0n) is 11.0. The molecule has 0 radical (unpaired) electrons. The number of fused-ring (bicyclic) bond motifs is 3. The van der Waals surface area contributed by atoms with E-state index in [1.54, 1.807) is 11.3 Å². The van der Waals surface area contributed by atoms with Gasteiger partial charge in [-0.1, -0.05) is 11.8 Å². The number of hydrogen-bond donors (Lipinski definition) is 1. The topological polar surface area (TPSA) is 81.8 Å². The third-order valence-corrected chi connectivity index (χ3v) is 5.24. The molecule has 0 atom stereocenters. The van der Waals surface area contributed by atoms with Crippen LogP contribution in [0.1, 0.15) is 11.3 Å². The van der Waals surface area contributed by atoms with Gasteiger partial charge in [-0.15, -0.1) is 11.3 Å². The van der Waals surface area contributed by atoms with Crippen LogP contribution in [0.15, 0.2) is 17.4 Å². The molecule has 102 valence electrons. The molecule has 3 aromatic rings. The number of nitrogens with two attached hydrogens (primary N) is 1. The Morgan fingerprint density at radius 2 is 2.20 bits per heavy atom.